The minimum atomic E-state index is -0.849. The molecule has 2 rings (SSSR count). The van der Waals surface area contributed by atoms with Gasteiger partial charge >= 0.3 is 6.03 Å². The third-order valence-electron chi connectivity index (χ3n) is 4.07. The van der Waals surface area contributed by atoms with Crippen LogP contribution in [0.2, 0.25) is 0 Å². The zero-order chi connectivity index (χ0) is 20.5. The summed E-state index contributed by atoms with van der Waals surface area (Å²) in [7, 11) is 3.37. The molecule has 2 aromatic rings. The molecule has 7 nitrogen and oxygen atoms in total. The normalized spacial score (nSPS) is 11.4. The van der Waals surface area contributed by atoms with E-state index in [0.717, 1.165) is 11.1 Å². The first-order valence-electron chi connectivity index (χ1n) is 9.05. The van der Waals surface area contributed by atoms with E-state index in [1.54, 1.807) is 32.3 Å². The van der Waals surface area contributed by atoms with Gasteiger partial charge in [-0.3, -0.25) is 4.79 Å². The summed E-state index contributed by atoms with van der Waals surface area (Å²) in [5.74, 6) is 0.604. The molecule has 3 amide bonds. The van der Waals surface area contributed by atoms with Gasteiger partial charge in [0.1, 0.15) is 18.5 Å². The Morgan fingerprint density at radius 2 is 1.79 bits per heavy atom. The Morgan fingerprint density at radius 1 is 1.11 bits per heavy atom. The Bertz CT molecular complexity index is 790. The van der Waals surface area contributed by atoms with E-state index in [-0.39, 0.29) is 25.5 Å². The summed E-state index contributed by atoms with van der Waals surface area (Å²) >= 11 is 0. The van der Waals surface area contributed by atoms with Gasteiger partial charge in [0, 0.05) is 26.3 Å². The van der Waals surface area contributed by atoms with Crippen LogP contribution in [0.4, 0.5) is 10.5 Å². The summed E-state index contributed by atoms with van der Waals surface area (Å²) in [6, 6.07) is 14.2. The number of para-hydroxylation sites is 1. The van der Waals surface area contributed by atoms with E-state index in [4.69, 9.17) is 4.74 Å². The Balaban J connectivity index is 1.80. The second-order valence-corrected chi connectivity index (χ2v) is 6.73. The van der Waals surface area contributed by atoms with Crippen LogP contribution in [0, 0.1) is 6.92 Å². The van der Waals surface area contributed by atoms with E-state index in [0.29, 0.717) is 11.4 Å². The van der Waals surface area contributed by atoms with Crippen LogP contribution in [-0.4, -0.2) is 55.3 Å². The lowest BCUT2D eigenvalue weighted by atomic mass is 10.1. The van der Waals surface area contributed by atoms with Crippen molar-refractivity contribution in [2.75, 3.05) is 32.6 Å². The number of carbonyl (C=O) groups excluding carboxylic acids is 2. The van der Waals surface area contributed by atoms with Crippen LogP contribution in [0.3, 0.4) is 0 Å². The van der Waals surface area contributed by atoms with Gasteiger partial charge in [-0.15, -0.1) is 0 Å². The molecule has 0 aliphatic carbocycles. The highest BCUT2D eigenvalue weighted by molar-refractivity contribution is 5.91. The zero-order valence-corrected chi connectivity index (χ0v) is 16.4. The van der Waals surface area contributed by atoms with Crippen LogP contribution in [0.15, 0.2) is 48.5 Å². The first-order valence-corrected chi connectivity index (χ1v) is 9.05. The minimum absolute atomic E-state index is 0.0382. The fourth-order valence-electron chi connectivity index (χ4n) is 2.38. The molecule has 0 saturated heterocycles. The topological polar surface area (TPSA) is 90.9 Å². The molecule has 0 heterocycles. The summed E-state index contributed by atoms with van der Waals surface area (Å²) in [5, 5.41) is 15.3. The van der Waals surface area contributed by atoms with Crippen LogP contribution in [0.1, 0.15) is 11.1 Å². The van der Waals surface area contributed by atoms with Gasteiger partial charge in [0.15, 0.2) is 0 Å². The average molecular weight is 385 g/mol. The number of hydrogen-bond donors (Lipinski definition) is 3. The number of anilines is 1. The predicted octanol–water partition coefficient (Wildman–Crippen LogP) is 2.19. The molecule has 0 aliphatic heterocycles. The molecule has 28 heavy (non-hydrogen) atoms. The number of aliphatic hydroxyl groups is 1. The Morgan fingerprint density at radius 3 is 2.46 bits per heavy atom. The van der Waals surface area contributed by atoms with Crippen molar-refractivity contribution < 1.29 is 19.4 Å². The van der Waals surface area contributed by atoms with E-state index < -0.39 is 12.1 Å². The van der Waals surface area contributed by atoms with Gasteiger partial charge in [0.2, 0.25) is 5.91 Å². The molecule has 0 bridgehead atoms. The van der Waals surface area contributed by atoms with Crippen molar-refractivity contribution >= 4 is 17.6 Å². The number of amides is 3. The van der Waals surface area contributed by atoms with Crippen LogP contribution >= 0.6 is 0 Å². The third kappa shape index (κ3) is 6.92. The van der Waals surface area contributed by atoms with Crippen molar-refractivity contribution in [3.8, 4) is 5.75 Å². The van der Waals surface area contributed by atoms with E-state index in [9.17, 15) is 14.7 Å². The number of urea groups is 1. The first kappa shape index (κ1) is 21.2. The highest BCUT2D eigenvalue weighted by Gasteiger charge is 2.12. The van der Waals surface area contributed by atoms with E-state index in [2.05, 4.69) is 10.6 Å². The lowest BCUT2D eigenvalue weighted by Crippen LogP contribution is -2.38. The number of benzene rings is 2. The predicted molar refractivity (Wildman–Crippen MR) is 109 cm³/mol. The maximum atomic E-state index is 12.1. The van der Waals surface area contributed by atoms with Gasteiger partial charge in [-0.25, -0.2) is 4.79 Å². The quantitative estimate of drug-likeness (QED) is 0.650. The molecule has 0 aliphatic rings. The van der Waals surface area contributed by atoms with E-state index >= 15 is 0 Å². The molecule has 3 N–H and O–H groups in total. The number of aryl methyl sites for hydroxylation is 1. The highest BCUT2D eigenvalue weighted by Crippen LogP contribution is 2.16. The fraction of sp³-hybridized carbons (Fsp3) is 0.333. The molecule has 0 unspecified atom stereocenters. The van der Waals surface area contributed by atoms with Crippen LogP contribution in [-0.2, 0) is 11.2 Å². The maximum absolute atomic E-state index is 12.1. The van der Waals surface area contributed by atoms with Gasteiger partial charge in [0.05, 0.1) is 6.42 Å². The summed E-state index contributed by atoms with van der Waals surface area (Å²) in [6.45, 7) is 2.09. The number of aliphatic hydroxyl groups excluding tert-OH is 1. The molecule has 0 saturated carbocycles. The van der Waals surface area contributed by atoms with Gasteiger partial charge in [0.25, 0.3) is 0 Å². The van der Waals surface area contributed by atoms with Crippen molar-refractivity contribution in [1.29, 1.82) is 0 Å². The molecule has 0 fully saturated rings. The molecule has 0 radical (unpaired) electrons. The minimum Gasteiger partial charge on any atom is -0.491 e. The van der Waals surface area contributed by atoms with Gasteiger partial charge in [-0.2, -0.15) is 0 Å². The number of nitrogens with zero attached hydrogens (tertiary/aromatic N) is 1. The van der Waals surface area contributed by atoms with Crippen LogP contribution in [0.25, 0.3) is 0 Å². The lowest BCUT2D eigenvalue weighted by Gasteiger charge is -2.16. The largest absolute Gasteiger partial charge is 0.491 e. The molecule has 2 aromatic carbocycles. The Labute approximate surface area is 165 Å². The smallest absolute Gasteiger partial charge is 0.319 e. The number of hydrogen-bond acceptors (Lipinski definition) is 4. The number of nitrogens with one attached hydrogen (secondary N) is 2. The van der Waals surface area contributed by atoms with Crippen molar-refractivity contribution in [3.05, 3.63) is 59.7 Å². The number of carbonyl (C=O) groups is 2. The van der Waals surface area contributed by atoms with Crippen molar-refractivity contribution in [1.82, 2.24) is 10.2 Å². The van der Waals surface area contributed by atoms with E-state index in [1.165, 1.54) is 4.90 Å². The fourth-order valence-corrected chi connectivity index (χ4v) is 2.38. The molecule has 1 atom stereocenters. The molecule has 7 heteroatoms. The monoisotopic (exact) mass is 385 g/mol. The van der Waals surface area contributed by atoms with Crippen molar-refractivity contribution in [2.24, 2.45) is 0 Å². The van der Waals surface area contributed by atoms with Crippen molar-refractivity contribution in [2.45, 2.75) is 19.4 Å². The zero-order valence-electron chi connectivity index (χ0n) is 16.4. The second kappa shape index (κ2) is 10.3. The molecular weight excluding hydrogens is 358 g/mol. The summed E-state index contributed by atoms with van der Waals surface area (Å²) in [4.78, 5) is 25.6. The third-order valence-corrected chi connectivity index (χ3v) is 4.07. The molecule has 0 spiro atoms. The average Bonchev–Trinajstić information content (AvgIpc) is 2.67. The molecule has 0 aromatic heterocycles. The first-order chi connectivity index (χ1) is 13.3. The Kier molecular flexibility index (Phi) is 7.83. The Hall–Kier alpha value is -3.06. The van der Waals surface area contributed by atoms with Crippen LogP contribution in [0.5, 0.6) is 5.75 Å². The van der Waals surface area contributed by atoms with Crippen molar-refractivity contribution in [3.63, 3.8) is 0 Å². The summed E-state index contributed by atoms with van der Waals surface area (Å²) in [6.07, 6.45) is -0.658. The SMILES string of the molecule is Cc1ccc(OC[C@H](O)CNC(=O)Nc2ccccc2CC(=O)N(C)C)cc1. The van der Waals surface area contributed by atoms with Crippen LogP contribution < -0.4 is 15.4 Å². The maximum Gasteiger partial charge on any atom is 0.319 e. The van der Waals surface area contributed by atoms with E-state index in [1.807, 2.05) is 37.3 Å². The lowest BCUT2D eigenvalue weighted by molar-refractivity contribution is -0.127. The number of ether oxygens (including phenoxy) is 1. The van der Waals surface area contributed by atoms with Gasteiger partial charge in [-0.05, 0) is 30.7 Å². The highest BCUT2D eigenvalue weighted by atomic mass is 16.5. The standard InChI is InChI=1S/C21H27N3O4/c1-15-8-10-18(11-9-15)28-14-17(25)13-22-21(27)23-19-7-5-4-6-16(19)12-20(26)24(2)3/h4-11,17,25H,12-14H2,1-3H3,(H2,22,23,27)/t17-/m1/s1. The summed E-state index contributed by atoms with van der Waals surface area (Å²) < 4.78 is 5.49. The van der Waals surface area contributed by atoms with Gasteiger partial charge in [-0.1, -0.05) is 35.9 Å². The number of rotatable bonds is 8. The number of likely N-dealkylation sites (N-methyl/N-ethyl adjacent to an activating group) is 1. The molecular formula is C21H27N3O4. The second-order valence-electron chi connectivity index (χ2n) is 6.73. The summed E-state index contributed by atoms with van der Waals surface area (Å²) in [5.41, 5.74) is 2.40. The molecule has 150 valence electrons. The van der Waals surface area contributed by atoms with Gasteiger partial charge < -0.3 is 25.4 Å².